The highest BCUT2D eigenvalue weighted by Crippen LogP contribution is 2.25. The number of hydrogen-bond donors (Lipinski definition) is 4. The van der Waals surface area contributed by atoms with Crippen LogP contribution in [0.15, 0.2) is 53.0 Å². The number of aryl methyl sites for hydroxylation is 1. The molecular weight excluding hydrogens is 344 g/mol. The average Bonchev–Trinajstić information content (AvgIpc) is 3.16. The van der Waals surface area contributed by atoms with Crippen LogP contribution in [0.3, 0.4) is 0 Å². The second-order valence-corrected chi connectivity index (χ2v) is 6.31. The van der Waals surface area contributed by atoms with E-state index in [2.05, 4.69) is 20.9 Å². The zero-order valence-corrected chi connectivity index (χ0v) is 15.5. The van der Waals surface area contributed by atoms with Crippen molar-refractivity contribution < 1.29 is 9.21 Å². The van der Waals surface area contributed by atoms with Crippen molar-refractivity contribution in [2.75, 3.05) is 13.1 Å². The molecule has 1 atom stereocenters. The van der Waals surface area contributed by atoms with Gasteiger partial charge in [-0.1, -0.05) is 6.07 Å². The molecule has 0 spiro atoms. The SMILES string of the molecule is CC(=O)NCCNC1=CC(=N)N(Cc2ncccc2C)C(c2ccco2)N1. The Morgan fingerprint density at radius 2 is 2.22 bits per heavy atom. The molecule has 0 saturated carbocycles. The van der Waals surface area contributed by atoms with Gasteiger partial charge in [-0.3, -0.25) is 15.2 Å². The number of amides is 1. The van der Waals surface area contributed by atoms with Gasteiger partial charge in [0.1, 0.15) is 17.4 Å². The Morgan fingerprint density at radius 3 is 2.93 bits per heavy atom. The van der Waals surface area contributed by atoms with Crippen molar-refractivity contribution >= 4 is 11.7 Å². The number of hydrogen-bond acceptors (Lipinski definition) is 6. The Morgan fingerprint density at radius 1 is 1.37 bits per heavy atom. The lowest BCUT2D eigenvalue weighted by molar-refractivity contribution is -0.118. The average molecular weight is 368 g/mol. The summed E-state index contributed by atoms with van der Waals surface area (Å²) in [5.74, 6) is 1.70. The minimum absolute atomic E-state index is 0.0690. The summed E-state index contributed by atoms with van der Waals surface area (Å²) in [4.78, 5) is 17.3. The van der Waals surface area contributed by atoms with Crippen LogP contribution in [0.2, 0.25) is 0 Å². The van der Waals surface area contributed by atoms with Gasteiger partial charge in [-0.15, -0.1) is 0 Å². The van der Waals surface area contributed by atoms with Crippen LogP contribution in [0.5, 0.6) is 0 Å². The molecule has 1 aliphatic rings. The molecule has 2 aromatic heterocycles. The van der Waals surface area contributed by atoms with Crippen LogP contribution < -0.4 is 16.0 Å². The smallest absolute Gasteiger partial charge is 0.216 e. The molecule has 142 valence electrons. The fourth-order valence-electron chi connectivity index (χ4n) is 2.86. The van der Waals surface area contributed by atoms with Crippen LogP contribution in [-0.4, -0.2) is 34.7 Å². The zero-order valence-electron chi connectivity index (χ0n) is 15.5. The van der Waals surface area contributed by atoms with Crippen LogP contribution in [-0.2, 0) is 11.3 Å². The normalized spacial score (nSPS) is 16.5. The molecule has 0 radical (unpaired) electrons. The van der Waals surface area contributed by atoms with Crippen LogP contribution in [0.25, 0.3) is 0 Å². The number of pyridine rings is 1. The van der Waals surface area contributed by atoms with E-state index in [1.165, 1.54) is 6.92 Å². The molecule has 2 aromatic rings. The summed E-state index contributed by atoms with van der Waals surface area (Å²) in [6.45, 7) is 5.04. The third-order valence-electron chi connectivity index (χ3n) is 4.26. The molecule has 1 amide bonds. The molecule has 0 aromatic carbocycles. The maximum atomic E-state index is 11.0. The van der Waals surface area contributed by atoms with E-state index in [1.54, 1.807) is 18.5 Å². The largest absolute Gasteiger partial charge is 0.465 e. The predicted octanol–water partition coefficient (Wildman–Crippen LogP) is 1.63. The first kappa shape index (κ1) is 18.5. The summed E-state index contributed by atoms with van der Waals surface area (Å²) in [5, 5.41) is 17.8. The van der Waals surface area contributed by atoms with Crippen molar-refractivity contribution in [3.8, 4) is 0 Å². The molecule has 8 nitrogen and oxygen atoms in total. The first-order valence-electron chi connectivity index (χ1n) is 8.80. The van der Waals surface area contributed by atoms with Crippen LogP contribution in [0, 0.1) is 12.3 Å². The van der Waals surface area contributed by atoms with Gasteiger partial charge in [0.15, 0.2) is 6.17 Å². The van der Waals surface area contributed by atoms with Crippen LogP contribution in [0.4, 0.5) is 0 Å². The van der Waals surface area contributed by atoms with Crippen molar-refractivity contribution in [3.05, 3.63) is 65.6 Å². The van der Waals surface area contributed by atoms with Gasteiger partial charge < -0.3 is 25.3 Å². The van der Waals surface area contributed by atoms with E-state index >= 15 is 0 Å². The number of nitrogens with zero attached hydrogens (tertiary/aromatic N) is 2. The van der Waals surface area contributed by atoms with E-state index < -0.39 is 0 Å². The quantitative estimate of drug-likeness (QED) is 0.554. The number of rotatable bonds is 7. The number of carbonyl (C=O) groups is 1. The maximum Gasteiger partial charge on any atom is 0.216 e. The molecule has 4 N–H and O–H groups in total. The second-order valence-electron chi connectivity index (χ2n) is 6.31. The third kappa shape index (κ3) is 4.66. The lowest BCUT2D eigenvalue weighted by Gasteiger charge is -2.37. The molecular formula is C19H24N6O2. The van der Waals surface area contributed by atoms with Crippen molar-refractivity contribution in [1.29, 1.82) is 5.41 Å². The minimum atomic E-state index is -0.331. The van der Waals surface area contributed by atoms with Gasteiger partial charge in [0, 0.05) is 32.3 Å². The standard InChI is InChI=1S/C19H24N6O2/c1-13-5-3-7-22-15(13)12-25-17(20)11-18(23-9-8-21-14(2)26)24-19(25)16-6-4-10-27-16/h3-7,10-11,19-20,23-24H,8-9,12H2,1-2H3,(H,21,26). The Bertz CT molecular complexity index is 830. The Labute approximate surface area is 158 Å². The fraction of sp³-hybridized carbons (Fsp3) is 0.316. The van der Waals surface area contributed by atoms with E-state index in [0.29, 0.717) is 37.1 Å². The second kappa shape index (κ2) is 8.39. The van der Waals surface area contributed by atoms with Gasteiger partial charge in [0.05, 0.1) is 18.5 Å². The predicted molar refractivity (Wildman–Crippen MR) is 102 cm³/mol. The van der Waals surface area contributed by atoms with Gasteiger partial charge in [0.2, 0.25) is 5.91 Å². The van der Waals surface area contributed by atoms with Crippen LogP contribution in [0.1, 0.15) is 30.1 Å². The summed E-state index contributed by atoms with van der Waals surface area (Å²) in [6.07, 6.45) is 4.77. The van der Waals surface area contributed by atoms with E-state index in [9.17, 15) is 4.79 Å². The number of carbonyl (C=O) groups excluding carboxylic acids is 1. The fourth-order valence-corrected chi connectivity index (χ4v) is 2.86. The third-order valence-corrected chi connectivity index (χ3v) is 4.26. The molecule has 27 heavy (non-hydrogen) atoms. The van der Waals surface area contributed by atoms with Crippen molar-refractivity contribution in [1.82, 2.24) is 25.8 Å². The van der Waals surface area contributed by atoms with Crippen molar-refractivity contribution in [2.24, 2.45) is 0 Å². The molecule has 0 aliphatic carbocycles. The summed E-state index contributed by atoms with van der Waals surface area (Å²) >= 11 is 0. The van der Waals surface area contributed by atoms with E-state index in [4.69, 9.17) is 9.83 Å². The monoisotopic (exact) mass is 368 g/mol. The number of furan rings is 1. The van der Waals surface area contributed by atoms with Crippen molar-refractivity contribution in [3.63, 3.8) is 0 Å². The molecule has 8 heteroatoms. The summed E-state index contributed by atoms with van der Waals surface area (Å²) < 4.78 is 5.59. The first-order valence-corrected chi connectivity index (χ1v) is 8.80. The minimum Gasteiger partial charge on any atom is -0.465 e. The highest BCUT2D eigenvalue weighted by atomic mass is 16.3. The topological polar surface area (TPSA) is 106 Å². The first-order chi connectivity index (χ1) is 13.0. The zero-order chi connectivity index (χ0) is 19.2. The molecule has 0 saturated heterocycles. The van der Waals surface area contributed by atoms with Gasteiger partial charge in [-0.2, -0.15) is 0 Å². The van der Waals surface area contributed by atoms with E-state index in [0.717, 1.165) is 11.3 Å². The highest BCUT2D eigenvalue weighted by Gasteiger charge is 2.29. The lowest BCUT2D eigenvalue weighted by atomic mass is 10.1. The molecule has 1 aliphatic heterocycles. The van der Waals surface area contributed by atoms with Gasteiger partial charge in [-0.25, -0.2) is 0 Å². The van der Waals surface area contributed by atoms with E-state index in [-0.39, 0.29) is 12.1 Å². The molecule has 0 fully saturated rings. The molecule has 3 rings (SSSR count). The number of nitrogens with one attached hydrogen (secondary N) is 4. The van der Waals surface area contributed by atoms with Crippen molar-refractivity contribution in [2.45, 2.75) is 26.6 Å². The number of aromatic nitrogens is 1. The van der Waals surface area contributed by atoms with E-state index in [1.807, 2.05) is 36.1 Å². The molecule has 3 heterocycles. The van der Waals surface area contributed by atoms with Gasteiger partial charge >= 0.3 is 0 Å². The van der Waals surface area contributed by atoms with Gasteiger partial charge in [-0.05, 0) is 30.7 Å². The Kier molecular flexibility index (Phi) is 5.75. The lowest BCUT2D eigenvalue weighted by Crippen LogP contribution is -2.48. The Balaban J connectivity index is 1.76. The molecule has 1 unspecified atom stereocenters. The molecule has 0 bridgehead atoms. The van der Waals surface area contributed by atoms with Crippen LogP contribution >= 0.6 is 0 Å². The van der Waals surface area contributed by atoms with Gasteiger partial charge in [0.25, 0.3) is 0 Å². The summed E-state index contributed by atoms with van der Waals surface area (Å²) in [7, 11) is 0. The Hall–Kier alpha value is -3.29. The number of amidine groups is 1. The summed E-state index contributed by atoms with van der Waals surface area (Å²) in [5.41, 5.74) is 1.99. The summed E-state index contributed by atoms with van der Waals surface area (Å²) in [6, 6.07) is 7.62. The maximum absolute atomic E-state index is 11.0. The highest BCUT2D eigenvalue weighted by molar-refractivity contribution is 5.91.